The molecule has 19 rings (SSSR count). The lowest BCUT2D eigenvalue weighted by molar-refractivity contribution is -0.126. The molecule has 0 saturated heterocycles. The predicted molar refractivity (Wildman–Crippen MR) is 494 cm³/mol. The molecule has 8 fully saturated rings. The number of aromatic hydroxyl groups is 2. The first-order valence-electron chi connectivity index (χ1n) is 42.6. The van der Waals surface area contributed by atoms with Crippen molar-refractivity contribution < 1.29 is 44.0 Å². The molecule has 9 aromatic rings. The third kappa shape index (κ3) is 19.3. The summed E-state index contributed by atoms with van der Waals surface area (Å²) < 4.78 is 14.1. The summed E-state index contributed by atoms with van der Waals surface area (Å²) in [5.74, 6) is 5.59. The van der Waals surface area contributed by atoms with Crippen LogP contribution in [0, 0.1) is 48.2 Å². The molecule has 8 saturated carbocycles. The number of carbonyl (C=O) groups excluding carboxylic acids is 4. The number of aliphatic hydroxyl groups is 2. The average Bonchev–Trinajstić information content (AvgIpc) is 0.727. The Morgan fingerprint density at radius 1 is 0.395 bits per heavy atom. The van der Waals surface area contributed by atoms with Crippen molar-refractivity contribution >= 4 is 51.1 Å². The van der Waals surface area contributed by atoms with Crippen LogP contribution in [0.15, 0.2) is 181 Å². The van der Waals surface area contributed by atoms with Crippen LogP contribution in [0.3, 0.4) is 0 Å². The largest absolute Gasteiger partial charge is 0.508 e. The number of phenolic OH excluding ortho intramolecular Hbond substituents is 2. The molecule has 8 nitrogen and oxygen atoms in total. The number of hydrogen-bond donors (Lipinski definition) is 4. The molecular weight excluding hydrogens is 1470 g/mol. The number of carbonyl (C=O) groups is 4. The Bertz CT molecular complexity index is 5240. The Kier molecular flexibility index (Phi) is 27.8. The van der Waals surface area contributed by atoms with E-state index in [1.54, 1.807) is 39.8 Å². The monoisotopic (exact) mass is 1610 g/mol. The summed E-state index contributed by atoms with van der Waals surface area (Å²) in [5, 5.41) is 45.7. The lowest BCUT2D eigenvalue weighted by atomic mass is 9.48. The minimum atomic E-state index is -1.24. The van der Waals surface area contributed by atoms with Gasteiger partial charge < -0.3 is 20.4 Å². The summed E-state index contributed by atoms with van der Waals surface area (Å²) in [6.45, 7) is 30.9. The number of aliphatic hydroxyl groups excluding tert-OH is 2. The Morgan fingerprint density at radius 2 is 0.773 bits per heavy atom. The normalized spacial score (nSPS) is 23.8. The quantitative estimate of drug-likeness (QED) is 0.0586. The lowest BCUT2D eigenvalue weighted by Crippen LogP contribution is -2.48. The second kappa shape index (κ2) is 35.9. The number of aryl methyl sites for hydroxylation is 1. The van der Waals surface area contributed by atoms with Crippen molar-refractivity contribution in [1.82, 2.24) is 0 Å². The van der Waals surface area contributed by atoms with Gasteiger partial charge in [0.15, 0.2) is 23.1 Å². The molecule has 0 spiro atoms. The van der Waals surface area contributed by atoms with E-state index in [0.717, 1.165) is 110 Å². The van der Waals surface area contributed by atoms with Crippen LogP contribution >= 0.6 is 0 Å². The van der Waals surface area contributed by atoms with Crippen LogP contribution in [0.25, 0.3) is 39.1 Å². The van der Waals surface area contributed by atoms with Crippen LogP contribution < -0.4 is 0 Å². The van der Waals surface area contributed by atoms with E-state index in [1.165, 1.54) is 145 Å². The lowest BCUT2D eigenvalue weighted by Gasteiger charge is -2.57. The Labute approximate surface area is 712 Å². The summed E-state index contributed by atoms with van der Waals surface area (Å²) in [4.78, 5) is 47.3. The molecule has 2 atom stereocenters. The van der Waals surface area contributed by atoms with Crippen molar-refractivity contribution in [3.8, 4) is 22.6 Å². The SMILES string of the molecule is C.C.C.C.CC(=O)c1ccc(/C(C)=C(\C)C(O)c2ccc3c(c2)C(C)(C)CCC3(C)C)cc1.CC(=O)c1ccc(/C=C(\C)c2ccc(O)c(C34CC5CC(CC(C5)C3)C4)c2)cc1.CC(=O)c1ccc2cc(-c3ccc(O)c(C45CC6CC(CC(C6)C4)C5)c3)ccc2c1.Cc1ccc(CC(=O)C(O)c2ccc3c(c2)C(C)(C)CCC3(C)C)c(F)c1. The maximum atomic E-state index is 14.1. The van der Waals surface area contributed by atoms with Crippen LogP contribution in [0.4, 0.5) is 4.39 Å². The Morgan fingerprint density at radius 3 is 1.24 bits per heavy atom. The number of phenols is 2. The molecule has 8 bridgehead atoms. The number of rotatable bonds is 15. The summed E-state index contributed by atoms with van der Waals surface area (Å²) >= 11 is 0. The highest BCUT2D eigenvalue weighted by Gasteiger charge is 2.54. The Hall–Kier alpha value is -9.15. The fraction of sp³-hybridized carbons (Fsp3) is 0.455. The average molecular weight is 1610 g/mol. The van der Waals surface area contributed by atoms with E-state index in [4.69, 9.17) is 0 Å². The highest BCUT2D eigenvalue weighted by atomic mass is 19.1. The molecule has 2 unspecified atom stereocenters. The summed E-state index contributed by atoms with van der Waals surface area (Å²) in [5.41, 5.74) is 22.1. The summed E-state index contributed by atoms with van der Waals surface area (Å²) in [6, 6.07) is 57.4. The van der Waals surface area contributed by atoms with E-state index >= 15 is 0 Å². The molecule has 10 aliphatic rings. The second-order valence-electron chi connectivity index (χ2n) is 39.3. The van der Waals surface area contributed by atoms with Gasteiger partial charge in [-0.3, -0.25) is 19.2 Å². The maximum Gasteiger partial charge on any atom is 0.170 e. The molecule has 0 heterocycles. The molecule has 4 N–H and O–H groups in total. The number of benzene rings is 9. The van der Waals surface area contributed by atoms with Crippen molar-refractivity contribution in [2.45, 2.75) is 287 Å². The van der Waals surface area contributed by atoms with Gasteiger partial charge in [0.25, 0.3) is 0 Å². The van der Waals surface area contributed by atoms with Crippen LogP contribution in [0.2, 0.25) is 0 Å². The van der Waals surface area contributed by atoms with Gasteiger partial charge in [-0.1, -0.05) is 225 Å². The van der Waals surface area contributed by atoms with Crippen molar-refractivity contribution in [1.29, 1.82) is 0 Å². The maximum absolute atomic E-state index is 14.1. The van der Waals surface area contributed by atoms with E-state index < -0.39 is 18.0 Å². The number of Topliss-reactive ketones (excluding diaryl/α,β-unsaturated/α-hetero) is 4. The minimum Gasteiger partial charge on any atom is -0.508 e. The molecular formula is C110H137FO8. The van der Waals surface area contributed by atoms with Gasteiger partial charge in [0.2, 0.25) is 0 Å². The number of hydrogen-bond acceptors (Lipinski definition) is 8. The minimum absolute atomic E-state index is 0. The van der Waals surface area contributed by atoms with Gasteiger partial charge in [0, 0.05) is 34.2 Å². The molecule has 9 aromatic carbocycles. The smallest absolute Gasteiger partial charge is 0.170 e. The van der Waals surface area contributed by atoms with Crippen LogP contribution in [0.5, 0.6) is 11.5 Å². The van der Waals surface area contributed by atoms with Gasteiger partial charge in [0.05, 0.1) is 0 Å². The van der Waals surface area contributed by atoms with Gasteiger partial charge in [0.1, 0.15) is 29.5 Å². The van der Waals surface area contributed by atoms with Crippen LogP contribution in [-0.4, -0.2) is 43.6 Å². The first-order chi connectivity index (χ1) is 54.4. The fourth-order valence-corrected chi connectivity index (χ4v) is 22.5. The number of halogens is 1. The van der Waals surface area contributed by atoms with Crippen molar-refractivity contribution in [3.05, 3.63) is 276 Å². The van der Waals surface area contributed by atoms with E-state index in [9.17, 15) is 44.0 Å². The molecule has 119 heavy (non-hydrogen) atoms. The standard InChI is InChI=1S/C28H28O2.C27H30O2.C27H34O2.C24H29FO2.4CH4/c1-17(29)21-2-3-23-12-24(5-4-22(23)11-21)25-6-7-27(30)26(13-25)28-14-18-8-19(15-28)10-20(9-18)16-28;1-17(9-19-3-5-23(6-4-19)18(2)28)24-7-8-26(29)25(13-24)27-14-20-10-21(15-27)12-22(11-20)16-27;1-17(20-8-10-21(11-9-20)19(3)28)18(2)25(29)22-12-13-23-24(16-22)27(6,7)15-14-26(23,4)5;1-15-6-7-16(20(25)12-15)14-21(26)22(27)17-8-9-18-19(13-17)24(4,5)11-10-23(18,2)3;;;;/h2-7,11-13,18-20,30H,8-10,14-16H2,1H3;3-9,13,20-22,29H,10-12,14-16H2,1-2H3;8-13,16,25,29H,14-15H2,1-7H3;6-9,12-13,22,27H,10-11,14H2,1-5H3;4*1H4/b;17-9+;18-17+;;;;;. The van der Waals surface area contributed by atoms with Crippen LogP contribution in [-0.2, 0) is 43.7 Å². The highest BCUT2D eigenvalue weighted by molar-refractivity contribution is 5.99. The van der Waals surface area contributed by atoms with Gasteiger partial charge >= 0.3 is 0 Å². The van der Waals surface area contributed by atoms with Crippen molar-refractivity contribution in [3.63, 3.8) is 0 Å². The summed E-state index contributed by atoms with van der Waals surface area (Å²) in [6.07, 6.45) is 20.7. The first-order valence-corrected chi connectivity index (χ1v) is 42.6. The van der Waals surface area contributed by atoms with E-state index in [0.29, 0.717) is 28.2 Å². The van der Waals surface area contributed by atoms with Gasteiger partial charge in [-0.15, -0.1) is 0 Å². The van der Waals surface area contributed by atoms with Crippen LogP contribution in [0.1, 0.15) is 345 Å². The van der Waals surface area contributed by atoms with Gasteiger partial charge in [-0.2, -0.15) is 0 Å². The molecule has 10 aliphatic carbocycles. The molecule has 0 aliphatic heterocycles. The first kappa shape index (κ1) is 92.1. The third-order valence-electron chi connectivity index (χ3n) is 28.9. The number of ketones is 4. The zero-order chi connectivity index (χ0) is 82.2. The van der Waals surface area contributed by atoms with Gasteiger partial charge in [-0.25, -0.2) is 4.39 Å². The third-order valence-corrected chi connectivity index (χ3v) is 28.9. The number of fused-ring (bicyclic) bond motifs is 3. The van der Waals surface area contributed by atoms with Gasteiger partial charge in [-0.05, 0) is 361 Å². The van der Waals surface area contributed by atoms with E-state index in [2.05, 4.69) is 123 Å². The number of allylic oxidation sites excluding steroid dienone is 2. The topological polar surface area (TPSA) is 149 Å². The molecule has 632 valence electrons. The predicted octanol–water partition coefficient (Wildman–Crippen LogP) is 28.1. The summed E-state index contributed by atoms with van der Waals surface area (Å²) in [7, 11) is 0. The second-order valence-corrected chi connectivity index (χ2v) is 39.3. The zero-order valence-electron chi connectivity index (χ0n) is 70.8. The Balaban J connectivity index is 0.000000165. The molecule has 0 aromatic heterocycles. The molecule has 0 amide bonds. The molecule has 9 heteroatoms. The van der Waals surface area contributed by atoms with E-state index in [1.807, 2.05) is 117 Å². The zero-order valence-corrected chi connectivity index (χ0v) is 70.8. The highest BCUT2D eigenvalue weighted by Crippen LogP contribution is 2.64. The molecule has 0 radical (unpaired) electrons. The van der Waals surface area contributed by atoms with Crippen molar-refractivity contribution in [2.75, 3.05) is 0 Å². The fourth-order valence-electron chi connectivity index (χ4n) is 22.5. The van der Waals surface area contributed by atoms with E-state index in [-0.39, 0.29) is 91.8 Å². The van der Waals surface area contributed by atoms with Crippen molar-refractivity contribution in [2.24, 2.45) is 35.5 Å².